The Morgan fingerprint density at radius 2 is 1.40 bits per heavy atom. The molecule has 0 aliphatic carbocycles. The molecular formula is C4H5B2F6LiN2. The molecule has 0 radical (unpaired) electrons. The van der Waals surface area contributed by atoms with Crippen LogP contribution in [0.25, 0.3) is 0 Å². The van der Waals surface area contributed by atoms with Crippen LogP contribution in [-0.2, 0) is 0 Å². The third-order valence-electron chi connectivity index (χ3n) is 0.589. The first kappa shape index (κ1) is 20.0. The average molecular weight is 224 g/mol. The van der Waals surface area contributed by atoms with E-state index >= 15 is 0 Å². The van der Waals surface area contributed by atoms with Gasteiger partial charge in [-0.1, -0.05) is 18.2 Å². The SMILES string of the molecule is Cc1ncc[n-]1.FB(F)F.FB(F)F.[Li+]. The molecule has 15 heavy (non-hydrogen) atoms. The summed E-state index contributed by atoms with van der Waals surface area (Å²) in [6, 6.07) is 0. The van der Waals surface area contributed by atoms with E-state index in [4.69, 9.17) is 0 Å². The van der Waals surface area contributed by atoms with Crippen molar-refractivity contribution in [3.63, 3.8) is 0 Å². The first-order chi connectivity index (χ1) is 6.36. The van der Waals surface area contributed by atoms with E-state index in [0.717, 1.165) is 5.82 Å². The van der Waals surface area contributed by atoms with Crippen LogP contribution in [0.2, 0.25) is 0 Å². The Morgan fingerprint density at radius 3 is 1.47 bits per heavy atom. The molecule has 0 fully saturated rings. The minimum atomic E-state index is -3.67. The van der Waals surface area contributed by atoms with Gasteiger partial charge >= 0.3 is 33.9 Å². The summed E-state index contributed by atoms with van der Waals surface area (Å²) in [5.41, 5.74) is 0. The molecule has 11 heteroatoms. The van der Waals surface area contributed by atoms with Crippen molar-refractivity contribution in [3.05, 3.63) is 18.2 Å². The molecule has 1 rings (SSSR count). The molecule has 0 aliphatic rings. The quantitative estimate of drug-likeness (QED) is 0.422. The summed E-state index contributed by atoms with van der Waals surface area (Å²) in [5.74, 6) is 0.843. The molecule has 0 saturated heterocycles. The van der Waals surface area contributed by atoms with Crippen LogP contribution >= 0.6 is 0 Å². The summed E-state index contributed by atoms with van der Waals surface area (Å²) in [6.45, 7) is 1.86. The molecule has 1 aromatic heterocycles. The first-order valence-electron chi connectivity index (χ1n) is 3.11. The normalized spacial score (nSPS) is 7.13. The van der Waals surface area contributed by atoms with Crippen LogP contribution < -0.4 is 23.8 Å². The van der Waals surface area contributed by atoms with E-state index in [9.17, 15) is 25.9 Å². The Kier molecular flexibility index (Phi) is 18.0. The zero-order valence-electron chi connectivity index (χ0n) is 7.97. The molecule has 0 spiro atoms. The number of aryl methyl sites for hydroxylation is 1. The third kappa shape index (κ3) is 42.2. The maximum atomic E-state index is 9.67. The predicted octanol–water partition coefficient (Wildman–Crippen LogP) is -0.889. The average Bonchev–Trinajstić information content (AvgIpc) is 2.36. The van der Waals surface area contributed by atoms with E-state index in [1.165, 1.54) is 0 Å². The van der Waals surface area contributed by atoms with Gasteiger partial charge in [0.05, 0.1) is 0 Å². The summed E-state index contributed by atoms with van der Waals surface area (Å²) in [5, 5.41) is 0. The minimum absolute atomic E-state index is 0. The number of imidazole rings is 1. The van der Waals surface area contributed by atoms with Gasteiger partial charge in [0.15, 0.2) is 0 Å². The summed E-state index contributed by atoms with van der Waals surface area (Å²) in [4.78, 5) is 7.61. The van der Waals surface area contributed by atoms with Crippen molar-refractivity contribution in [2.75, 3.05) is 0 Å². The van der Waals surface area contributed by atoms with Crippen molar-refractivity contribution < 1.29 is 44.8 Å². The molecule has 1 aromatic rings. The maximum absolute atomic E-state index is 9.67. The molecule has 0 aliphatic heterocycles. The first-order valence-corrected chi connectivity index (χ1v) is 3.11. The molecule has 80 valence electrons. The van der Waals surface area contributed by atoms with Gasteiger partial charge in [-0.2, -0.15) is 0 Å². The van der Waals surface area contributed by atoms with Crippen LogP contribution in [0.5, 0.6) is 0 Å². The Hall–Kier alpha value is -0.483. The smallest absolute Gasteiger partial charge is 0.447 e. The number of aromatic nitrogens is 2. The van der Waals surface area contributed by atoms with Crippen LogP contribution in [0.3, 0.4) is 0 Å². The largest absolute Gasteiger partial charge is 1.00 e. The third-order valence-corrected chi connectivity index (χ3v) is 0.589. The van der Waals surface area contributed by atoms with Crippen molar-refractivity contribution in [3.8, 4) is 0 Å². The van der Waals surface area contributed by atoms with Crippen molar-refractivity contribution in [2.24, 2.45) is 0 Å². The van der Waals surface area contributed by atoms with E-state index in [1.807, 2.05) is 6.92 Å². The summed E-state index contributed by atoms with van der Waals surface area (Å²) >= 11 is 0. The van der Waals surface area contributed by atoms with Crippen molar-refractivity contribution in [1.82, 2.24) is 9.97 Å². The van der Waals surface area contributed by atoms with E-state index in [0.29, 0.717) is 0 Å². The summed E-state index contributed by atoms with van der Waals surface area (Å²) in [6.07, 6.45) is 3.35. The van der Waals surface area contributed by atoms with Gasteiger partial charge in [-0.25, -0.2) is 0 Å². The van der Waals surface area contributed by atoms with Crippen molar-refractivity contribution >= 4 is 15.1 Å². The molecule has 0 aromatic carbocycles. The Bertz CT molecular complexity index is 188. The number of hydrogen-bond donors (Lipinski definition) is 0. The fourth-order valence-electron chi connectivity index (χ4n) is 0.316. The van der Waals surface area contributed by atoms with Gasteiger partial charge in [0.2, 0.25) is 0 Å². The summed E-state index contributed by atoms with van der Waals surface area (Å²) in [7, 11) is -7.33. The topological polar surface area (TPSA) is 27.0 Å². The van der Waals surface area contributed by atoms with E-state index < -0.39 is 15.1 Å². The van der Waals surface area contributed by atoms with Gasteiger partial charge in [-0.15, -0.1) is 0 Å². The van der Waals surface area contributed by atoms with Crippen LogP contribution in [-0.4, -0.2) is 20.1 Å². The van der Waals surface area contributed by atoms with E-state index in [2.05, 4.69) is 9.97 Å². The standard InChI is InChI=1S/C4H5N2.2BF3.Li/c1-4-5-2-3-6-4;2*2-1(3)4;/h2-3H,1H3;;;/q-1;;;+1. The minimum Gasteiger partial charge on any atom is -0.447 e. The molecule has 0 N–H and O–H groups in total. The molecule has 0 amide bonds. The van der Waals surface area contributed by atoms with Crippen LogP contribution in [0.4, 0.5) is 25.9 Å². The Morgan fingerprint density at radius 1 is 1.07 bits per heavy atom. The van der Waals surface area contributed by atoms with Crippen molar-refractivity contribution in [1.29, 1.82) is 0 Å². The zero-order valence-corrected chi connectivity index (χ0v) is 7.97. The zero-order chi connectivity index (χ0) is 11.6. The van der Waals surface area contributed by atoms with Gasteiger partial charge in [0.25, 0.3) is 0 Å². The second-order valence-corrected chi connectivity index (χ2v) is 1.60. The second kappa shape index (κ2) is 13.5. The van der Waals surface area contributed by atoms with Gasteiger partial charge in [-0.3, -0.25) is 25.9 Å². The molecule has 2 nitrogen and oxygen atoms in total. The van der Waals surface area contributed by atoms with Crippen LogP contribution in [0.15, 0.2) is 12.4 Å². The number of rotatable bonds is 0. The van der Waals surface area contributed by atoms with Crippen molar-refractivity contribution in [2.45, 2.75) is 6.92 Å². The van der Waals surface area contributed by atoms with Gasteiger partial charge < -0.3 is 9.97 Å². The number of nitrogens with zero attached hydrogens (tertiary/aromatic N) is 2. The molecule has 1 heterocycles. The fourth-order valence-corrected chi connectivity index (χ4v) is 0.316. The fraction of sp³-hybridized carbons (Fsp3) is 0.250. The maximum Gasteiger partial charge on any atom is 1.00 e. The van der Waals surface area contributed by atoms with Crippen LogP contribution in [0.1, 0.15) is 5.82 Å². The summed E-state index contributed by atoms with van der Waals surface area (Å²) < 4.78 is 58.0. The Labute approximate surface area is 95.5 Å². The monoisotopic (exact) mass is 224 g/mol. The van der Waals surface area contributed by atoms with Crippen LogP contribution in [0, 0.1) is 6.92 Å². The van der Waals surface area contributed by atoms with Gasteiger partial charge in [0, 0.05) is 0 Å². The number of hydrogen-bond acceptors (Lipinski definition) is 1. The molecule has 0 saturated carbocycles. The second-order valence-electron chi connectivity index (χ2n) is 1.60. The molecule has 0 bridgehead atoms. The Balaban J connectivity index is -0.000000145. The predicted molar refractivity (Wildman–Crippen MR) is 40.5 cm³/mol. The van der Waals surface area contributed by atoms with E-state index in [-0.39, 0.29) is 18.9 Å². The van der Waals surface area contributed by atoms with E-state index in [1.54, 1.807) is 12.4 Å². The van der Waals surface area contributed by atoms with Gasteiger partial charge in [-0.05, 0) is 6.92 Å². The molecular weight excluding hydrogens is 219 g/mol. The molecule has 0 atom stereocenters. The molecule has 0 unspecified atom stereocenters. The van der Waals surface area contributed by atoms with Gasteiger partial charge in [0.1, 0.15) is 0 Å². The number of halogens is 6.